The lowest BCUT2D eigenvalue weighted by atomic mass is 10.0. The lowest BCUT2D eigenvalue weighted by Crippen LogP contribution is -2.47. The van der Waals surface area contributed by atoms with Crippen LogP contribution in [0.1, 0.15) is 36.4 Å². The first-order valence-corrected chi connectivity index (χ1v) is 11.9. The van der Waals surface area contributed by atoms with Gasteiger partial charge in [0.2, 0.25) is 15.9 Å². The zero-order chi connectivity index (χ0) is 21.0. The molecule has 3 rings (SSSR count). The number of hydrogen-bond donors (Lipinski definition) is 2. The quantitative estimate of drug-likeness (QED) is 0.699. The number of benzene rings is 1. The molecule has 7 nitrogen and oxygen atoms in total. The van der Waals surface area contributed by atoms with Crippen molar-refractivity contribution in [2.45, 2.75) is 37.6 Å². The number of carbonyl (C=O) groups excluding carboxylic acids is 2. The zero-order valence-corrected chi connectivity index (χ0v) is 18.1. The Hall–Kier alpha value is -2.23. The molecule has 0 radical (unpaired) electrons. The molecule has 1 fully saturated rings. The SMILES string of the molecule is CC(C)C(NC(=O)c1cccs1)C(=O)Nc1cccc(S(=O)(=O)N2CCCC2)c1. The van der Waals surface area contributed by atoms with Gasteiger partial charge >= 0.3 is 0 Å². The van der Waals surface area contributed by atoms with Crippen molar-refractivity contribution in [1.82, 2.24) is 9.62 Å². The van der Waals surface area contributed by atoms with E-state index in [0.717, 1.165) is 12.8 Å². The summed E-state index contributed by atoms with van der Waals surface area (Å²) in [6.07, 6.45) is 1.71. The second-order valence-electron chi connectivity index (χ2n) is 7.30. The molecule has 0 bridgehead atoms. The maximum absolute atomic E-state index is 12.8. The van der Waals surface area contributed by atoms with E-state index in [4.69, 9.17) is 0 Å². The Morgan fingerprint density at radius 3 is 2.45 bits per heavy atom. The van der Waals surface area contributed by atoms with E-state index in [2.05, 4.69) is 10.6 Å². The van der Waals surface area contributed by atoms with Gasteiger partial charge in [-0.1, -0.05) is 26.0 Å². The van der Waals surface area contributed by atoms with Crippen molar-refractivity contribution >= 4 is 38.9 Å². The number of nitrogens with one attached hydrogen (secondary N) is 2. The highest BCUT2D eigenvalue weighted by Crippen LogP contribution is 2.23. The monoisotopic (exact) mass is 435 g/mol. The van der Waals surface area contributed by atoms with Crippen LogP contribution in [-0.4, -0.2) is 43.7 Å². The molecule has 9 heteroatoms. The van der Waals surface area contributed by atoms with Gasteiger partial charge in [0, 0.05) is 18.8 Å². The van der Waals surface area contributed by atoms with E-state index in [1.165, 1.54) is 27.8 Å². The van der Waals surface area contributed by atoms with Crippen molar-refractivity contribution in [3.63, 3.8) is 0 Å². The van der Waals surface area contributed by atoms with Crippen LogP contribution in [-0.2, 0) is 14.8 Å². The Bertz CT molecular complexity index is 965. The van der Waals surface area contributed by atoms with Crippen molar-refractivity contribution in [1.29, 1.82) is 0 Å². The molecule has 0 aliphatic carbocycles. The van der Waals surface area contributed by atoms with Crippen LogP contribution in [0.3, 0.4) is 0 Å². The summed E-state index contributed by atoms with van der Waals surface area (Å²) in [4.78, 5) is 25.8. The fraction of sp³-hybridized carbons (Fsp3) is 0.400. The first kappa shape index (κ1) is 21.5. The van der Waals surface area contributed by atoms with E-state index >= 15 is 0 Å². The summed E-state index contributed by atoms with van der Waals surface area (Å²) in [5.74, 6) is -0.838. The smallest absolute Gasteiger partial charge is 0.262 e. The molecule has 2 amide bonds. The predicted molar refractivity (Wildman–Crippen MR) is 113 cm³/mol. The van der Waals surface area contributed by atoms with E-state index in [0.29, 0.717) is 23.7 Å². The molecular weight excluding hydrogens is 410 g/mol. The van der Waals surface area contributed by atoms with E-state index in [1.807, 2.05) is 13.8 Å². The molecule has 1 aromatic carbocycles. The fourth-order valence-corrected chi connectivity index (χ4v) is 5.38. The van der Waals surface area contributed by atoms with Crippen LogP contribution in [0.25, 0.3) is 0 Å². The first-order valence-electron chi connectivity index (χ1n) is 9.54. The highest BCUT2D eigenvalue weighted by atomic mass is 32.2. The first-order chi connectivity index (χ1) is 13.8. The lowest BCUT2D eigenvalue weighted by molar-refractivity contribution is -0.118. The van der Waals surface area contributed by atoms with E-state index in [-0.39, 0.29) is 22.6 Å². The summed E-state index contributed by atoms with van der Waals surface area (Å²) in [5, 5.41) is 7.30. The number of sulfonamides is 1. The van der Waals surface area contributed by atoms with Crippen LogP contribution in [0.15, 0.2) is 46.7 Å². The third-order valence-electron chi connectivity index (χ3n) is 4.79. The van der Waals surface area contributed by atoms with Crippen molar-refractivity contribution in [2.75, 3.05) is 18.4 Å². The molecule has 29 heavy (non-hydrogen) atoms. The van der Waals surface area contributed by atoms with Crippen molar-refractivity contribution < 1.29 is 18.0 Å². The van der Waals surface area contributed by atoms with Crippen LogP contribution >= 0.6 is 11.3 Å². The van der Waals surface area contributed by atoms with Crippen LogP contribution in [0.4, 0.5) is 5.69 Å². The molecule has 156 valence electrons. The van der Waals surface area contributed by atoms with Gasteiger partial charge in [0.25, 0.3) is 5.91 Å². The summed E-state index contributed by atoms with van der Waals surface area (Å²) in [7, 11) is -3.57. The predicted octanol–water partition coefficient (Wildman–Crippen LogP) is 2.93. The van der Waals surface area contributed by atoms with E-state index in [9.17, 15) is 18.0 Å². The van der Waals surface area contributed by atoms with Gasteiger partial charge in [0.1, 0.15) is 6.04 Å². The molecule has 1 aromatic heterocycles. The summed E-state index contributed by atoms with van der Waals surface area (Å²) in [6.45, 7) is 4.71. The third-order valence-corrected chi connectivity index (χ3v) is 7.55. The molecule has 2 heterocycles. The number of amides is 2. The average Bonchev–Trinajstić information content (AvgIpc) is 3.39. The second kappa shape index (κ2) is 9.06. The Morgan fingerprint density at radius 2 is 1.83 bits per heavy atom. The number of hydrogen-bond acceptors (Lipinski definition) is 5. The van der Waals surface area contributed by atoms with E-state index < -0.39 is 16.1 Å². The number of anilines is 1. The largest absolute Gasteiger partial charge is 0.339 e. The van der Waals surface area contributed by atoms with Crippen molar-refractivity contribution in [2.24, 2.45) is 5.92 Å². The minimum absolute atomic E-state index is 0.143. The number of rotatable bonds is 7. The molecule has 1 unspecified atom stereocenters. The third kappa shape index (κ3) is 5.04. The van der Waals surface area contributed by atoms with E-state index in [1.54, 1.807) is 29.6 Å². The topological polar surface area (TPSA) is 95.6 Å². The number of carbonyl (C=O) groups is 2. The van der Waals surface area contributed by atoms with Gasteiger partial charge in [-0.05, 0) is 48.4 Å². The molecule has 2 aromatic rings. The maximum atomic E-state index is 12.8. The molecular formula is C20H25N3O4S2. The normalized spacial score (nSPS) is 16.0. The highest BCUT2D eigenvalue weighted by molar-refractivity contribution is 7.89. The standard InChI is InChI=1S/C20H25N3O4S2/c1-14(2)18(22-19(24)17-9-6-12-28-17)20(25)21-15-7-5-8-16(13-15)29(26,27)23-10-3-4-11-23/h5-9,12-14,18H,3-4,10-11H2,1-2H3,(H,21,25)(H,22,24). The van der Waals surface area contributed by atoms with Crippen molar-refractivity contribution in [3.05, 3.63) is 46.7 Å². The van der Waals surface area contributed by atoms with Crippen LogP contribution in [0, 0.1) is 5.92 Å². The van der Waals surface area contributed by atoms with Crippen LogP contribution < -0.4 is 10.6 Å². The Kier molecular flexibility index (Phi) is 6.71. The maximum Gasteiger partial charge on any atom is 0.262 e. The highest BCUT2D eigenvalue weighted by Gasteiger charge is 2.28. The van der Waals surface area contributed by atoms with Gasteiger partial charge in [0.15, 0.2) is 0 Å². The molecule has 1 saturated heterocycles. The molecule has 0 saturated carbocycles. The summed E-state index contributed by atoms with van der Waals surface area (Å²) in [5.41, 5.74) is 0.381. The van der Waals surface area contributed by atoms with Crippen LogP contribution in [0.5, 0.6) is 0 Å². The van der Waals surface area contributed by atoms with Gasteiger partial charge in [0.05, 0.1) is 9.77 Å². The second-order valence-corrected chi connectivity index (χ2v) is 10.2. The molecule has 1 aliphatic rings. The van der Waals surface area contributed by atoms with Crippen LogP contribution in [0.2, 0.25) is 0 Å². The number of thiophene rings is 1. The summed E-state index contributed by atoms with van der Waals surface area (Å²) in [6, 6.07) is 8.96. The molecule has 1 aliphatic heterocycles. The minimum Gasteiger partial charge on any atom is -0.339 e. The average molecular weight is 436 g/mol. The van der Waals surface area contributed by atoms with Gasteiger partial charge in [-0.25, -0.2) is 8.42 Å². The Labute approximate surface area is 175 Å². The number of nitrogens with zero attached hydrogens (tertiary/aromatic N) is 1. The molecule has 1 atom stereocenters. The van der Waals surface area contributed by atoms with Gasteiger partial charge in [-0.3, -0.25) is 9.59 Å². The van der Waals surface area contributed by atoms with Crippen molar-refractivity contribution in [3.8, 4) is 0 Å². The van der Waals surface area contributed by atoms with Gasteiger partial charge in [-0.2, -0.15) is 4.31 Å². The fourth-order valence-electron chi connectivity index (χ4n) is 3.19. The van der Waals surface area contributed by atoms with Gasteiger partial charge in [-0.15, -0.1) is 11.3 Å². The lowest BCUT2D eigenvalue weighted by Gasteiger charge is -2.22. The Balaban J connectivity index is 1.74. The summed E-state index contributed by atoms with van der Waals surface area (Å²) < 4.78 is 27.0. The minimum atomic E-state index is -3.57. The van der Waals surface area contributed by atoms with Gasteiger partial charge < -0.3 is 10.6 Å². The zero-order valence-electron chi connectivity index (χ0n) is 16.4. The summed E-state index contributed by atoms with van der Waals surface area (Å²) >= 11 is 1.30. The molecule has 2 N–H and O–H groups in total. The Morgan fingerprint density at radius 1 is 1.10 bits per heavy atom. The molecule has 0 spiro atoms.